The van der Waals surface area contributed by atoms with Crippen molar-refractivity contribution in [3.8, 4) is 5.75 Å². The lowest BCUT2D eigenvalue weighted by molar-refractivity contribution is 0.176. The van der Waals surface area contributed by atoms with Crippen LogP contribution in [-0.4, -0.2) is 34.8 Å². The molecule has 0 spiro atoms. The molecule has 0 aliphatic heterocycles. The number of rotatable bonds is 6. The molecule has 0 bridgehead atoms. The average Bonchev–Trinajstić information content (AvgIpc) is 2.27. The summed E-state index contributed by atoms with van der Waals surface area (Å²) >= 11 is 0. The number of anilines is 1. The maximum atomic E-state index is 9.47. The molecule has 0 aromatic carbocycles. The Labute approximate surface area is 89.5 Å². The van der Waals surface area contributed by atoms with Gasteiger partial charge in [0.1, 0.15) is 0 Å². The maximum absolute atomic E-state index is 9.47. The number of hydrogen-bond acceptors (Lipinski definition) is 5. The second-order valence-corrected chi connectivity index (χ2v) is 3.27. The Morgan fingerprint density at radius 2 is 2.13 bits per heavy atom. The zero-order valence-electron chi connectivity index (χ0n) is 9.10. The first-order chi connectivity index (χ1) is 7.26. The summed E-state index contributed by atoms with van der Waals surface area (Å²) in [4.78, 5) is 8.05. The van der Waals surface area contributed by atoms with Crippen LogP contribution in [0.5, 0.6) is 5.75 Å². The highest BCUT2D eigenvalue weighted by molar-refractivity contribution is 5.26. The van der Waals surface area contributed by atoms with Crippen molar-refractivity contribution in [3.05, 3.63) is 12.4 Å². The first kappa shape index (κ1) is 11.7. The Hall–Kier alpha value is -1.36. The summed E-state index contributed by atoms with van der Waals surface area (Å²) < 4.78 is 4.93. The van der Waals surface area contributed by atoms with E-state index in [-0.39, 0.29) is 6.10 Å². The molecule has 2 N–H and O–H groups in total. The second kappa shape index (κ2) is 6.19. The van der Waals surface area contributed by atoms with E-state index in [1.807, 2.05) is 6.92 Å². The van der Waals surface area contributed by atoms with Gasteiger partial charge in [-0.25, -0.2) is 9.97 Å². The van der Waals surface area contributed by atoms with E-state index in [4.69, 9.17) is 4.74 Å². The summed E-state index contributed by atoms with van der Waals surface area (Å²) in [6.07, 6.45) is 4.57. The minimum atomic E-state index is -0.347. The van der Waals surface area contributed by atoms with Crippen LogP contribution in [0.2, 0.25) is 0 Å². The molecule has 0 aliphatic carbocycles. The van der Waals surface area contributed by atoms with Crippen LogP contribution in [0.4, 0.5) is 5.95 Å². The Kier molecular flexibility index (Phi) is 4.83. The van der Waals surface area contributed by atoms with Crippen LogP contribution in [0.1, 0.15) is 19.8 Å². The van der Waals surface area contributed by atoms with Crippen LogP contribution in [0.3, 0.4) is 0 Å². The van der Waals surface area contributed by atoms with Gasteiger partial charge in [-0.1, -0.05) is 13.3 Å². The number of methoxy groups -OCH3 is 1. The predicted molar refractivity (Wildman–Crippen MR) is 58.0 cm³/mol. The van der Waals surface area contributed by atoms with E-state index >= 15 is 0 Å². The summed E-state index contributed by atoms with van der Waals surface area (Å²) in [6.45, 7) is 2.51. The highest BCUT2D eigenvalue weighted by Gasteiger charge is 2.03. The van der Waals surface area contributed by atoms with Crippen molar-refractivity contribution >= 4 is 5.95 Å². The quantitative estimate of drug-likeness (QED) is 0.736. The normalized spacial score (nSPS) is 12.2. The largest absolute Gasteiger partial charge is 0.494 e. The zero-order valence-corrected chi connectivity index (χ0v) is 9.10. The number of aliphatic hydroxyl groups is 1. The molecule has 0 amide bonds. The highest BCUT2D eigenvalue weighted by atomic mass is 16.5. The molecule has 1 aromatic rings. The third kappa shape index (κ3) is 4.12. The Bertz CT molecular complexity index is 277. The van der Waals surface area contributed by atoms with Crippen LogP contribution in [-0.2, 0) is 0 Å². The fraction of sp³-hybridized carbons (Fsp3) is 0.600. The van der Waals surface area contributed by atoms with Gasteiger partial charge >= 0.3 is 0 Å². The molecule has 0 aliphatic rings. The molecule has 5 heteroatoms. The molecule has 0 fully saturated rings. The Morgan fingerprint density at radius 1 is 1.47 bits per heavy atom. The van der Waals surface area contributed by atoms with Crippen LogP contribution < -0.4 is 10.1 Å². The van der Waals surface area contributed by atoms with Gasteiger partial charge in [0.2, 0.25) is 5.95 Å². The highest BCUT2D eigenvalue weighted by Crippen LogP contribution is 2.07. The van der Waals surface area contributed by atoms with E-state index in [9.17, 15) is 5.11 Å². The third-order valence-electron chi connectivity index (χ3n) is 1.98. The van der Waals surface area contributed by atoms with E-state index in [0.29, 0.717) is 18.2 Å². The van der Waals surface area contributed by atoms with E-state index in [0.717, 1.165) is 12.8 Å². The third-order valence-corrected chi connectivity index (χ3v) is 1.98. The lowest BCUT2D eigenvalue weighted by Gasteiger charge is -2.10. The molecular weight excluding hydrogens is 194 g/mol. The first-order valence-corrected chi connectivity index (χ1v) is 5.04. The van der Waals surface area contributed by atoms with Crippen molar-refractivity contribution in [2.75, 3.05) is 19.0 Å². The van der Waals surface area contributed by atoms with Crippen molar-refractivity contribution in [1.29, 1.82) is 0 Å². The topological polar surface area (TPSA) is 67.3 Å². The van der Waals surface area contributed by atoms with Crippen LogP contribution in [0.15, 0.2) is 12.4 Å². The Balaban J connectivity index is 2.37. The van der Waals surface area contributed by atoms with Crippen LogP contribution in [0.25, 0.3) is 0 Å². The number of aromatic nitrogens is 2. The molecule has 15 heavy (non-hydrogen) atoms. The lowest BCUT2D eigenvalue weighted by atomic mass is 10.2. The fourth-order valence-corrected chi connectivity index (χ4v) is 1.16. The minimum Gasteiger partial charge on any atom is -0.494 e. The molecule has 1 rings (SSSR count). The van der Waals surface area contributed by atoms with E-state index in [1.165, 1.54) is 0 Å². The molecule has 84 valence electrons. The molecule has 0 saturated carbocycles. The molecule has 1 aromatic heterocycles. The summed E-state index contributed by atoms with van der Waals surface area (Å²) in [5, 5.41) is 12.4. The van der Waals surface area contributed by atoms with E-state index < -0.39 is 0 Å². The summed E-state index contributed by atoms with van der Waals surface area (Å²) in [6, 6.07) is 0. The summed E-state index contributed by atoms with van der Waals surface area (Å²) in [5.41, 5.74) is 0. The predicted octanol–water partition coefficient (Wildman–Crippen LogP) is 1.06. The smallest absolute Gasteiger partial charge is 0.222 e. The minimum absolute atomic E-state index is 0.347. The molecular formula is C10H17N3O2. The van der Waals surface area contributed by atoms with E-state index in [2.05, 4.69) is 15.3 Å². The van der Waals surface area contributed by atoms with Crippen molar-refractivity contribution in [2.45, 2.75) is 25.9 Å². The Morgan fingerprint density at radius 3 is 2.67 bits per heavy atom. The van der Waals surface area contributed by atoms with Gasteiger partial charge in [0.05, 0.1) is 25.6 Å². The fourth-order valence-electron chi connectivity index (χ4n) is 1.16. The molecule has 0 radical (unpaired) electrons. The van der Waals surface area contributed by atoms with Crippen molar-refractivity contribution in [3.63, 3.8) is 0 Å². The molecule has 5 nitrogen and oxygen atoms in total. The summed E-state index contributed by atoms with van der Waals surface area (Å²) in [7, 11) is 1.57. The van der Waals surface area contributed by atoms with Gasteiger partial charge in [-0.05, 0) is 6.42 Å². The number of nitrogens with zero attached hydrogens (tertiary/aromatic N) is 2. The van der Waals surface area contributed by atoms with Gasteiger partial charge in [-0.2, -0.15) is 0 Å². The molecule has 1 atom stereocenters. The molecule has 0 saturated heterocycles. The first-order valence-electron chi connectivity index (χ1n) is 5.04. The van der Waals surface area contributed by atoms with Gasteiger partial charge < -0.3 is 15.2 Å². The van der Waals surface area contributed by atoms with Gasteiger partial charge in [-0.3, -0.25) is 0 Å². The molecule has 1 heterocycles. The summed E-state index contributed by atoms with van der Waals surface area (Å²) in [5.74, 6) is 1.13. The number of hydrogen-bond donors (Lipinski definition) is 2. The van der Waals surface area contributed by atoms with Gasteiger partial charge in [-0.15, -0.1) is 0 Å². The van der Waals surface area contributed by atoms with E-state index in [1.54, 1.807) is 19.5 Å². The standard InChI is InChI=1S/C10H17N3O2/c1-3-4-8(14)5-11-10-12-6-9(15-2)7-13-10/h6-8,14H,3-5H2,1-2H3,(H,11,12,13). The maximum Gasteiger partial charge on any atom is 0.222 e. The molecule has 1 unspecified atom stereocenters. The van der Waals surface area contributed by atoms with Crippen molar-refractivity contribution < 1.29 is 9.84 Å². The van der Waals surface area contributed by atoms with Gasteiger partial charge in [0.25, 0.3) is 0 Å². The monoisotopic (exact) mass is 211 g/mol. The number of aliphatic hydroxyl groups excluding tert-OH is 1. The zero-order chi connectivity index (χ0) is 11.1. The average molecular weight is 211 g/mol. The lowest BCUT2D eigenvalue weighted by Crippen LogP contribution is -2.20. The second-order valence-electron chi connectivity index (χ2n) is 3.27. The number of ether oxygens (including phenoxy) is 1. The van der Waals surface area contributed by atoms with Crippen LogP contribution in [0, 0.1) is 0 Å². The van der Waals surface area contributed by atoms with Crippen molar-refractivity contribution in [1.82, 2.24) is 9.97 Å². The van der Waals surface area contributed by atoms with Gasteiger partial charge in [0, 0.05) is 6.54 Å². The SMILES string of the molecule is CCCC(O)CNc1ncc(OC)cn1. The van der Waals surface area contributed by atoms with Crippen LogP contribution >= 0.6 is 0 Å². The van der Waals surface area contributed by atoms with Crippen molar-refractivity contribution in [2.24, 2.45) is 0 Å². The number of nitrogens with one attached hydrogen (secondary N) is 1. The van der Waals surface area contributed by atoms with Gasteiger partial charge in [0.15, 0.2) is 5.75 Å².